The smallest absolute Gasteiger partial charge is 0.261 e. The van der Waals surface area contributed by atoms with E-state index in [9.17, 15) is 9.18 Å². The first-order valence-electron chi connectivity index (χ1n) is 11.6. The van der Waals surface area contributed by atoms with Gasteiger partial charge >= 0.3 is 0 Å². The van der Waals surface area contributed by atoms with Crippen molar-refractivity contribution in [2.24, 2.45) is 0 Å². The lowest BCUT2D eigenvalue weighted by molar-refractivity contribution is 0.0954. The largest absolute Gasteiger partial charge is 0.497 e. The van der Waals surface area contributed by atoms with Gasteiger partial charge in [0.25, 0.3) is 5.91 Å². The summed E-state index contributed by atoms with van der Waals surface area (Å²) in [5.41, 5.74) is 3.12. The molecule has 3 aromatic rings. The fraction of sp³-hybridized carbons (Fsp3) is 0.321. The number of hydrogen-bond donors (Lipinski definition) is 0. The number of carbonyl (C=O) groups is 1. The van der Waals surface area contributed by atoms with Crippen molar-refractivity contribution in [2.45, 2.75) is 32.4 Å². The summed E-state index contributed by atoms with van der Waals surface area (Å²) in [5.74, 6) is 0.781. The first-order chi connectivity index (χ1) is 16.5. The van der Waals surface area contributed by atoms with Crippen LogP contribution in [0.5, 0.6) is 11.5 Å². The van der Waals surface area contributed by atoms with E-state index in [-0.39, 0.29) is 17.5 Å². The second kappa shape index (κ2) is 10.7. The third kappa shape index (κ3) is 5.23. The number of hydrogen-bond acceptors (Lipinski definition) is 4. The summed E-state index contributed by atoms with van der Waals surface area (Å²) in [6, 6.07) is 19.9. The molecule has 0 saturated carbocycles. The molecule has 6 heteroatoms. The Morgan fingerprint density at radius 1 is 1.00 bits per heavy atom. The number of benzene rings is 3. The second-order valence-corrected chi connectivity index (χ2v) is 8.68. The summed E-state index contributed by atoms with van der Waals surface area (Å²) >= 11 is 0. The number of likely N-dealkylation sites (tertiary alicyclic amines) is 1. The van der Waals surface area contributed by atoms with E-state index in [1.165, 1.54) is 6.07 Å². The van der Waals surface area contributed by atoms with Gasteiger partial charge in [-0.2, -0.15) is 0 Å². The normalized spacial score (nSPS) is 14.6. The van der Waals surface area contributed by atoms with Gasteiger partial charge in [-0.25, -0.2) is 4.39 Å². The highest BCUT2D eigenvalue weighted by atomic mass is 19.1. The maximum atomic E-state index is 14.5. The van der Waals surface area contributed by atoms with Crippen molar-refractivity contribution >= 4 is 11.6 Å². The molecule has 0 aromatic heterocycles. The third-order valence-electron chi connectivity index (χ3n) is 6.45. The number of methoxy groups -OCH3 is 2. The Hall–Kier alpha value is -3.38. The van der Waals surface area contributed by atoms with Gasteiger partial charge in [0, 0.05) is 43.0 Å². The van der Waals surface area contributed by atoms with Crippen LogP contribution in [-0.4, -0.2) is 44.2 Å². The highest BCUT2D eigenvalue weighted by Crippen LogP contribution is 2.30. The lowest BCUT2D eigenvalue weighted by Crippen LogP contribution is -2.47. The van der Waals surface area contributed by atoms with Crippen LogP contribution < -0.4 is 14.4 Å². The van der Waals surface area contributed by atoms with E-state index in [0.717, 1.165) is 60.8 Å². The van der Waals surface area contributed by atoms with Crippen LogP contribution in [0.1, 0.15) is 34.3 Å². The predicted octanol–water partition coefficient (Wildman–Crippen LogP) is 5.46. The van der Waals surface area contributed by atoms with Gasteiger partial charge < -0.3 is 14.4 Å². The third-order valence-corrected chi connectivity index (χ3v) is 6.45. The molecule has 1 amide bonds. The lowest BCUT2D eigenvalue weighted by atomic mass is 9.99. The van der Waals surface area contributed by atoms with E-state index in [4.69, 9.17) is 9.47 Å². The minimum Gasteiger partial charge on any atom is -0.497 e. The molecule has 1 fully saturated rings. The van der Waals surface area contributed by atoms with E-state index in [1.807, 2.05) is 49.4 Å². The molecule has 0 radical (unpaired) electrons. The number of aryl methyl sites for hydroxylation is 1. The summed E-state index contributed by atoms with van der Waals surface area (Å²) < 4.78 is 25.4. The molecule has 0 N–H and O–H groups in total. The van der Waals surface area contributed by atoms with Crippen LogP contribution >= 0.6 is 0 Å². The first kappa shape index (κ1) is 23.8. The van der Waals surface area contributed by atoms with E-state index in [2.05, 4.69) is 4.90 Å². The van der Waals surface area contributed by atoms with Gasteiger partial charge in [-0.05, 0) is 50.1 Å². The summed E-state index contributed by atoms with van der Waals surface area (Å²) in [5, 5.41) is 0. The van der Waals surface area contributed by atoms with Crippen molar-refractivity contribution in [3.63, 3.8) is 0 Å². The van der Waals surface area contributed by atoms with Crippen LogP contribution in [0.3, 0.4) is 0 Å². The van der Waals surface area contributed by atoms with Crippen molar-refractivity contribution in [3.05, 3.63) is 89.2 Å². The summed E-state index contributed by atoms with van der Waals surface area (Å²) in [6.45, 7) is 4.42. The van der Waals surface area contributed by atoms with E-state index in [0.29, 0.717) is 0 Å². The molecule has 1 heterocycles. The fourth-order valence-corrected chi connectivity index (χ4v) is 4.52. The molecule has 34 heavy (non-hydrogen) atoms. The Balaban J connectivity index is 1.52. The quantitative estimate of drug-likeness (QED) is 0.467. The van der Waals surface area contributed by atoms with E-state index in [1.54, 1.807) is 37.3 Å². The van der Waals surface area contributed by atoms with E-state index >= 15 is 0 Å². The highest BCUT2D eigenvalue weighted by molar-refractivity contribution is 6.06. The molecule has 0 bridgehead atoms. The molecule has 3 aromatic carbocycles. The summed E-state index contributed by atoms with van der Waals surface area (Å²) in [6.07, 6.45) is 1.60. The van der Waals surface area contributed by atoms with Crippen LogP contribution in [0.4, 0.5) is 10.1 Å². The molecule has 1 saturated heterocycles. The molecule has 5 nitrogen and oxygen atoms in total. The molecule has 1 aliphatic rings. The minimum absolute atomic E-state index is 0.0103. The van der Waals surface area contributed by atoms with Gasteiger partial charge in [0.15, 0.2) is 0 Å². The topological polar surface area (TPSA) is 42.0 Å². The molecule has 178 valence electrons. The number of carbonyl (C=O) groups excluding carboxylic acids is 1. The summed E-state index contributed by atoms with van der Waals surface area (Å²) in [7, 11) is 3.31. The Morgan fingerprint density at radius 3 is 2.35 bits per heavy atom. The molecule has 4 rings (SSSR count). The molecule has 1 aliphatic heterocycles. The van der Waals surface area contributed by atoms with Crippen LogP contribution in [0.25, 0.3) is 0 Å². The van der Waals surface area contributed by atoms with Gasteiger partial charge in [-0.1, -0.05) is 35.9 Å². The second-order valence-electron chi connectivity index (χ2n) is 8.68. The Bertz CT molecular complexity index is 1120. The standard InChI is InChI=1S/C28H31FN2O3/c1-20-8-11-22(12-9-20)31(28(32)25-6-4-5-7-26(25)29)23-14-16-30(17-15-23)19-21-10-13-24(33-2)18-27(21)34-3/h4-13,18,23H,14-17,19H2,1-3H3. The average molecular weight is 463 g/mol. The number of amides is 1. The maximum absolute atomic E-state index is 14.5. The number of anilines is 1. The molecular weight excluding hydrogens is 431 g/mol. The monoisotopic (exact) mass is 462 g/mol. The van der Waals surface area contributed by atoms with Crippen molar-refractivity contribution in [3.8, 4) is 11.5 Å². The first-order valence-corrected chi connectivity index (χ1v) is 11.6. The average Bonchev–Trinajstić information content (AvgIpc) is 2.86. The lowest BCUT2D eigenvalue weighted by Gasteiger charge is -2.39. The summed E-state index contributed by atoms with van der Waals surface area (Å²) in [4.78, 5) is 17.7. The van der Waals surface area contributed by atoms with Crippen molar-refractivity contribution in [2.75, 3.05) is 32.2 Å². The van der Waals surface area contributed by atoms with E-state index < -0.39 is 5.82 Å². The molecular formula is C28H31FN2O3. The maximum Gasteiger partial charge on any atom is 0.261 e. The molecule has 0 spiro atoms. The number of nitrogens with zero attached hydrogens (tertiary/aromatic N) is 2. The Kier molecular flexibility index (Phi) is 7.48. The van der Waals surface area contributed by atoms with Gasteiger partial charge in [0.05, 0.1) is 19.8 Å². The zero-order valence-electron chi connectivity index (χ0n) is 20.0. The van der Waals surface area contributed by atoms with Gasteiger partial charge in [0.1, 0.15) is 17.3 Å². The van der Waals surface area contributed by atoms with Crippen LogP contribution in [0, 0.1) is 12.7 Å². The number of piperidine rings is 1. The fourth-order valence-electron chi connectivity index (χ4n) is 4.52. The number of ether oxygens (including phenoxy) is 2. The predicted molar refractivity (Wildman–Crippen MR) is 132 cm³/mol. The van der Waals surface area contributed by atoms with Crippen molar-refractivity contribution < 1.29 is 18.7 Å². The Labute approximate surface area is 200 Å². The molecule has 0 atom stereocenters. The van der Waals surface area contributed by atoms with Gasteiger partial charge in [0.2, 0.25) is 0 Å². The zero-order chi connectivity index (χ0) is 24.1. The zero-order valence-corrected chi connectivity index (χ0v) is 20.0. The van der Waals surface area contributed by atoms with Gasteiger partial charge in [-0.15, -0.1) is 0 Å². The number of rotatable bonds is 7. The molecule has 0 aliphatic carbocycles. The van der Waals surface area contributed by atoms with Crippen LogP contribution in [-0.2, 0) is 6.54 Å². The van der Waals surface area contributed by atoms with Crippen LogP contribution in [0.15, 0.2) is 66.7 Å². The van der Waals surface area contributed by atoms with Gasteiger partial charge in [-0.3, -0.25) is 9.69 Å². The minimum atomic E-state index is -0.492. The van der Waals surface area contributed by atoms with Crippen molar-refractivity contribution in [1.29, 1.82) is 0 Å². The van der Waals surface area contributed by atoms with Crippen LogP contribution in [0.2, 0.25) is 0 Å². The highest BCUT2D eigenvalue weighted by Gasteiger charge is 2.31. The Morgan fingerprint density at radius 2 is 1.71 bits per heavy atom. The SMILES string of the molecule is COc1ccc(CN2CCC(N(C(=O)c3ccccc3F)c3ccc(C)cc3)CC2)c(OC)c1. The van der Waals surface area contributed by atoms with Crippen molar-refractivity contribution in [1.82, 2.24) is 4.90 Å². The molecule has 0 unspecified atom stereocenters. The number of halogens is 1.